The van der Waals surface area contributed by atoms with Crippen LogP contribution in [-0.2, 0) is 4.79 Å². The molecule has 0 saturated heterocycles. The average Bonchev–Trinajstić information content (AvgIpc) is 3.01. The quantitative estimate of drug-likeness (QED) is 0.914. The molecule has 1 amide bonds. The number of nitrogens with zero attached hydrogens (tertiary/aromatic N) is 2. The van der Waals surface area contributed by atoms with Crippen LogP contribution in [0.2, 0.25) is 0 Å². The van der Waals surface area contributed by atoms with Crippen molar-refractivity contribution < 1.29 is 4.79 Å². The van der Waals surface area contributed by atoms with E-state index in [1.165, 1.54) is 11.9 Å². The molecule has 92 valence electrons. The van der Waals surface area contributed by atoms with Gasteiger partial charge in [-0.3, -0.25) is 10.1 Å². The van der Waals surface area contributed by atoms with E-state index < -0.39 is 0 Å². The summed E-state index contributed by atoms with van der Waals surface area (Å²) < 4.78 is 1.04. The minimum atomic E-state index is -0.00303. The third-order valence-corrected chi connectivity index (χ3v) is 3.55. The minimum absolute atomic E-state index is 0.00303. The zero-order chi connectivity index (χ0) is 12.5. The van der Waals surface area contributed by atoms with Crippen molar-refractivity contribution in [3.63, 3.8) is 0 Å². The molecule has 0 unspecified atom stereocenters. The fraction of sp³-hybridized carbons (Fsp3) is 0.250. The molecular formula is C12H11BrN4O. The maximum absolute atomic E-state index is 11.9. The van der Waals surface area contributed by atoms with Gasteiger partial charge in [0.05, 0.1) is 0 Å². The number of carbonyl (C=O) groups is 1. The van der Waals surface area contributed by atoms with Crippen molar-refractivity contribution in [2.75, 3.05) is 5.32 Å². The Balaban J connectivity index is 1.65. The van der Waals surface area contributed by atoms with Crippen LogP contribution in [0.5, 0.6) is 0 Å². The molecule has 1 aliphatic rings. The molecule has 1 fully saturated rings. The van der Waals surface area contributed by atoms with Crippen LogP contribution in [0.15, 0.2) is 35.1 Å². The predicted octanol–water partition coefficient (Wildman–Crippen LogP) is 2.31. The van der Waals surface area contributed by atoms with Crippen molar-refractivity contribution in [3.05, 3.63) is 40.6 Å². The third-order valence-electron chi connectivity index (χ3n) is 3.06. The lowest BCUT2D eigenvalue weighted by molar-refractivity contribution is -0.117. The monoisotopic (exact) mass is 306 g/mol. The first-order valence-corrected chi connectivity index (χ1v) is 6.45. The molecule has 1 aliphatic carbocycles. The second-order valence-electron chi connectivity index (χ2n) is 4.33. The highest BCUT2D eigenvalue weighted by Gasteiger charge is 2.44. The number of nitrogens with one attached hydrogen (secondary N) is 2. The summed E-state index contributed by atoms with van der Waals surface area (Å²) in [7, 11) is 0. The van der Waals surface area contributed by atoms with Gasteiger partial charge in [-0.2, -0.15) is 10.1 Å². The highest BCUT2D eigenvalue weighted by molar-refractivity contribution is 9.10. The zero-order valence-electron chi connectivity index (χ0n) is 9.43. The molecule has 18 heavy (non-hydrogen) atoms. The van der Waals surface area contributed by atoms with Gasteiger partial charge in [-0.05, 0) is 30.0 Å². The van der Waals surface area contributed by atoms with Crippen LogP contribution in [0.4, 0.5) is 5.95 Å². The smallest absolute Gasteiger partial charge is 0.230 e. The minimum Gasteiger partial charge on any atom is -0.295 e. The number of H-pyrrole nitrogens is 1. The maximum atomic E-state index is 11.9. The lowest BCUT2D eigenvalue weighted by Crippen LogP contribution is -2.15. The number of carbonyl (C=O) groups excluding carboxylic acids is 1. The lowest BCUT2D eigenvalue weighted by atomic mass is 10.1. The van der Waals surface area contributed by atoms with Gasteiger partial charge in [0.1, 0.15) is 6.33 Å². The SMILES string of the molecule is O=C(Nc1ncn[nH]1)[C@@H]1C[C@H]1c1cccc(Br)c1. The molecule has 6 heteroatoms. The van der Waals surface area contributed by atoms with Crippen molar-refractivity contribution in [2.45, 2.75) is 12.3 Å². The number of amides is 1. The molecule has 1 aromatic heterocycles. The van der Waals surface area contributed by atoms with E-state index in [-0.39, 0.29) is 11.8 Å². The van der Waals surface area contributed by atoms with Crippen LogP contribution in [0.1, 0.15) is 17.9 Å². The Hall–Kier alpha value is -1.69. The van der Waals surface area contributed by atoms with E-state index >= 15 is 0 Å². The standard InChI is InChI=1S/C12H11BrN4O/c13-8-3-1-2-7(4-8)9-5-10(9)11(18)16-12-14-6-15-17-12/h1-4,6,9-10H,5H2,(H2,14,15,16,17,18)/t9-,10+/m0/s1. The van der Waals surface area contributed by atoms with Crippen LogP contribution in [0.25, 0.3) is 0 Å². The largest absolute Gasteiger partial charge is 0.295 e. The van der Waals surface area contributed by atoms with Crippen molar-refractivity contribution in [1.29, 1.82) is 0 Å². The molecule has 2 N–H and O–H groups in total. The Labute approximate surface area is 112 Å². The Morgan fingerprint density at radius 1 is 1.50 bits per heavy atom. The number of benzene rings is 1. The number of hydrogen-bond donors (Lipinski definition) is 2. The van der Waals surface area contributed by atoms with E-state index in [2.05, 4.69) is 48.6 Å². The van der Waals surface area contributed by atoms with Gasteiger partial charge in [-0.15, -0.1) is 0 Å². The van der Waals surface area contributed by atoms with Crippen molar-refractivity contribution in [2.24, 2.45) is 5.92 Å². The van der Waals surface area contributed by atoms with Crippen LogP contribution in [0.3, 0.4) is 0 Å². The van der Waals surface area contributed by atoms with E-state index in [1.807, 2.05) is 12.1 Å². The first-order chi connectivity index (χ1) is 8.74. The van der Waals surface area contributed by atoms with Crippen molar-refractivity contribution >= 4 is 27.8 Å². The van der Waals surface area contributed by atoms with Gasteiger partial charge in [0.25, 0.3) is 0 Å². The van der Waals surface area contributed by atoms with Gasteiger partial charge in [-0.1, -0.05) is 28.1 Å². The molecular weight excluding hydrogens is 296 g/mol. The molecule has 2 aromatic rings. The van der Waals surface area contributed by atoms with Gasteiger partial charge < -0.3 is 0 Å². The predicted molar refractivity (Wildman–Crippen MR) is 70.0 cm³/mol. The summed E-state index contributed by atoms with van der Waals surface area (Å²) in [6.45, 7) is 0. The lowest BCUT2D eigenvalue weighted by Gasteiger charge is -2.02. The van der Waals surface area contributed by atoms with E-state index in [1.54, 1.807) is 0 Å². The van der Waals surface area contributed by atoms with Gasteiger partial charge in [0, 0.05) is 10.4 Å². The molecule has 3 rings (SSSR count). The van der Waals surface area contributed by atoms with Gasteiger partial charge in [0.15, 0.2) is 0 Å². The molecule has 0 spiro atoms. The molecule has 5 nitrogen and oxygen atoms in total. The summed E-state index contributed by atoms with van der Waals surface area (Å²) in [5.74, 6) is 0.742. The molecule has 1 aromatic carbocycles. The summed E-state index contributed by atoms with van der Waals surface area (Å²) in [5.41, 5.74) is 1.20. The number of hydrogen-bond acceptors (Lipinski definition) is 3. The molecule has 1 saturated carbocycles. The Kier molecular flexibility index (Phi) is 2.87. The molecule has 1 heterocycles. The molecule has 0 radical (unpaired) electrons. The average molecular weight is 307 g/mol. The van der Waals surface area contributed by atoms with Crippen LogP contribution in [-0.4, -0.2) is 21.1 Å². The van der Waals surface area contributed by atoms with Crippen molar-refractivity contribution in [1.82, 2.24) is 15.2 Å². The van der Waals surface area contributed by atoms with Crippen molar-refractivity contribution in [3.8, 4) is 0 Å². The second-order valence-corrected chi connectivity index (χ2v) is 5.24. The molecule has 0 aliphatic heterocycles. The number of halogens is 1. The normalized spacial score (nSPS) is 21.6. The van der Waals surface area contributed by atoms with Crippen LogP contribution in [0, 0.1) is 5.92 Å². The maximum Gasteiger partial charge on any atom is 0.230 e. The fourth-order valence-corrected chi connectivity index (χ4v) is 2.48. The fourth-order valence-electron chi connectivity index (χ4n) is 2.07. The number of aromatic nitrogens is 3. The van der Waals surface area contributed by atoms with Crippen LogP contribution >= 0.6 is 15.9 Å². The summed E-state index contributed by atoms with van der Waals surface area (Å²) in [5, 5.41) is 9.02. The van der Waals surface area contributed by atoms with E-state index in [4.69, 9.17) is 0 Å². The number of aromatic amines is 1. The first kappa shape index (κ1) is 11.4. The molecule has 2 atom stereocenters. The number of anilines is 1. The Bertz CT molecular complexity index is 569. The highest BCUT2D eigenvalue weighted by atomic mass is 79.9. The Morgan fingerprint density at radius 3 is 3.11 bits per heavy atom. The zero-order valence-corrected chi connectivity index (χ0v) is 11.0. The molecule has 0 bridgehead atoms. The number of rotatable bonds is 3. The Morgan fingerprint density at radius 2 is 2.39 bits per heavy atom. The van der Waals surface area contributed by atoms with E-state index in [9.17, 15) is 4.79 Å². The van der Waals surface area contributed by atoms with Crippen LogP contribution < -0.4 is 5.32 Å². The summed E-state index contributed by atoms with van der Waals surface area (Å²) >= 11 is 3.44. The van der Waals surface area contributed by atoms with Gasteiger partial charge in [-0.25, -0.2) is 5.10 Å². The van der Waals surface area contributed by atoms with E-state index in [0.717, 1.165) is 10.9 Å². The van der Waals surface area contributed by atoms with E-state index in [0.29, 0.717) is 11.9 Å². The van der Waals surface area contributed by atoms with Gasteiger partial charge in [0.2, 0.25) is 11.9 Å². The first-order valence-electron chi connectivity index (χ1n) is 5.66. The second kappa shape index (κ2) is 4.53. The highest BCUT2D eigenvalue weighted by Crippen LogP contribution is 2.48. The topological polar surface area (TPSA) is 70.7 Å². The third kappa shape index (κ3) is 2.28. The summed E-state index contributed by atoms with van der Waals surface area (Å²) in [6.07, 6.45) is 2.25. The summed E-state index contributed by atoms with van der Waals surface area (Å²) in [4.78, 5) is 15.8. The summed E-state index contributed by atoms with van der Waals surface area (Å²) in [6, 6.07) is 8.09. The van der Waals surface area contributed by atoms with Gasteiger partial charge >= 0.3 is 0 Å².